The lowest BCUT2D eigenvalue weighted by atomic mass is 10.2. The lowest BCUT2D eigenvalue weighted by molar-refractivity contribution is 0.0987. The quantitative estimate of drug-likeness (QED) is 0.309. The van der Waals surface area contributed by atoms with Gasteiger partial charge < -0.3 is 4.42 Å². The molecule has 0 aliphatic carbocycles. The molecule has 1 amide bonds. The number of furan rings is 1. The van der Waals surface area contributed by atoms with Gasteiger partial charge in [0.1, 0.15) is 16.5 Å². The Morgan fingerprint density at radius 1 is 1.10 bits per heavy atom. The number of nitrogens with zero attached hydrogens (tertiary/aromatic N) is 2. The fourth-order valence-electron chi connectivity index (χ4n) is 3.06. The number of anilines is 1. The Morgan fingerprint density at radius 3 is 2.76 bits per heavy atom. The number of thiophene rings is 1. The van der Waals surface area contributed by atoms with E-state index >= 15 is 0 Å². The van der Waals surface area contributed by atoms with E-state index in [9.17, 15) is 9.18 Å². The number of fused-ring (bicyclic) bond motifs is 2. The molecule has 3 heterocycles. The number of thiazole rings is 1. The third-order valence-electron chi connectivity index (χ3n) is 4.44. The molecular weight excluding hydrogens is 431 g/mol. The molecule has 29 heavy (non-hydrogen) atoms. The summed E-state index contributed by atoms with van der Waals surface area (Å²) in [6, 6.07) is 15.5. The second-order valence-electron chi connectivity index (χ2n) is 6.32. The van der Waals surface area contributed by atoms with E-state index in [1.807, 2.05) is 24.3 Å². The fraction of sp³-hybridized carbons (Fsp3) is 0.0476. The zero-order valence-corrected chi connectivity index (χ0v) is 17.2. The summed E-state index contributed by atoms with van der Waals surface area (Å²) in [6.07, 6.45) is 1.55. The van der Waals surface area contributed by atoms with E-state index in [0.29, 0.717) is 31.0 Å². The van der Waals surface area contributed by atoms with Crippen LogP contribution in [0.5, 0.6) is 0 Å². The Bertz CT molecular complexity index is 1340. The molecule has 2 aromatic carbocycles. The van der Waals surface area contributed by atoms with Crippen LogP contribution in [-0.4, -0.2) is 10.9 Å². The van der Waals surface area contributed by atoms with Crippen molar-refractivity contribution in [3.8, 4) is 0 Å². The van der Waals surface area contributed by atoms with Crippen molar-refractivity contribution < 1.29 is 13.6 Å². The molecule has 0 fully saturated rings. The minimum atomic E-state index is -0.343. The van der Waals surface area contributed by atoms with Crippen LogP contribution in [0.15, 0.2) is 65.3 Å². The lowest BCUT2D eigenvalue weighted by Crippen LogP contribution is -2.29. The maximum Gasteiger partial charge on any atom is 0.272 e. The van der Waals surface area contributed by atoms with Crippen molar-refractivity contribution in [2.24, 2.45) is 0 Å². The van der Waals surface area contributed by atoms with Crippen LogP contribution in [0.4, 0.5) is 9.52 Å². The van der Waals surface area contributed by atoms with Crippen molar-refractivity contribution in [1.82, 2.24) is 4.98 Å². The number of carbonyl (C=O) groups excluding carboxylic acids is 1. The van der Waals surface area contributed by atoms with Gasteiger partial charge in [0.15, 0.2) is 5.13 Å². The molecule has 3 aromatic heterocycles. The van der Waals surface area contributed by atoms with E-state index in [2.05, 4.69) is 4.98 Å². The smallest absolute Gasteiger partial charge is 0.272 e. The van der Waals surface area contributed by atoms with Crippen LogP contribution in [0.25, 0.3) is 20.3 Å². The topological polar surface area (TPSA) is 46.3 Å². The molecule has 0 aliphatic rings. The summed E-state index contributed by atoms with van der Waals surface area (Å²) < 4.78 is 20.7. The van der Waals surface area contributed by atoms with Gasteiger partial charge >= 0.3 is 0 Å². The maximum absolute atomic E-state index is 13.6. The Labute approximate surface area is 177 Å². The van der Waals surface area contributed by atoms with Crippen LogP contribution in [0, 0.1) is 5.82 Å². The van der Waals surface area contributed by atoms with Gasteiger partial charge in [-0.3, -0.25) is 9.69 Å². The molecule has 4 nitrogen and oxygen atoms in total. The third kappa shape index (κ3) is 3.31. The molecule has 0 saturated carbocycles. The molecular formula is C21H12ClFN2O2S2. The molecule has 5 aromatic rings. The number of amides is 1. The Balaban J connectivity index is 1.62. The van der Waals surface area contributed by atoms with Gasteiger partial charge in [0.2, 0.25) is 0 Å². The summed E-state index contributed by atoms with van der Waals surface area (Å²) in [4.78, 5) is 20.0. The molecule has 5 rings (SSSR count). The van der Waals surface area contributed by atoms with Crippen molar-refractivity contribution in [1.29, 1.82) is 0 Å². The summed E-state index contributed by atoms with van der Waals surface area (Å²) in [5, 5.41) is 1.72. The molecule has 0 saturated heterocycles. The zero-order valence-electron chi connectivity index (χ0n) is 14.8. The maximum atomic E-state index is 13.6. The first-order chi connectivity index (χ1) is 14.1. The Hall–Kier alpha value is -2.74. The minimum Gasteiger partial charge on any atom is -0.467 e. The number of benzene rings is 2. The number of hydrogen-bond acceptors (Lipinski definition) is 5. The molecule has 0 aliphatic heterocycles. The first kappa shape index (κ1) is 18.3. The summed E-state index contributed by atoms with van der Waals surface area (Å²) in [5.74, 6) is -0.00249. The van der Waals surface area contributed by atoms with E-state index in [-0.39, 0.29) is 18.3 Å². The second kappa shape index (κ2) is 7.26. The van der Waals surface area contributed by atoms with E-state index in [4.69, 9.17) is 16.0 Å². The highest BCUT2D eigenvalue weighted by molar-refractivity contribution is 7.23. The van der Waals surface area contributed by atoms with Crippen LogP contribution >= 0.6 is 34.3 Å². The van der Waals surface area contributed by atoms with E-state index < -0.39 is 0 Å². The Kier molecular flexibility index (Phi) is 4.58. The summed E-state index contributed by atoms with van der Waals surface area (Å²) in [6.45, 7) is 0.193. The van der Waals surface area contributed by atoms with Crippen LogP contribution in [0.2, 0.25) is 5.02 Å². The molecule has 0 unspecified atom stereocenters. The monoisotopic (exact) mass is 442 g/mol. The highest BCUT2D eigenvalue weighted by Gasteiger charge is 2.27. The van der Waals surface area contributed by atoms with Gasteiger partial charge in [-0.2, -0.15) is 0 Å². The SMILES string of the molecule is O=C(c1sc2ccccc2c1Cl)N(Cc1ccco1)c1nc2ccc(F)cc2s1. The highest BCUT2D eigenvalue weighted by Crippen LogP contribution is 2.38. The number of aromatic nitrogens is 1. The van der Waals surface area contributed by atoms with Gasteiger partial charge in [-0.1, -0.05) is 41.1 Å². The van der Waals surface area contributed by atoms with Crippen molar-refractivity contribution >= 4 is 65.6 Å². The predicted molar refractivity (Wildman–Crippen MR) is 116 cm³/mol. The van der Waals surface area contributed by atoms with Crippen LogP contribution in [-0.2, 0) is 6.54 Å². The van der Waals surface area contributed by atoms with Gasteiger partial charge in [0.25, 0.3) is 5.91 Å². The molecule has 0 bridgehead atoms. The average Bonchev–Trinajstić information content (AvgIpc) is 3.44. The van der Waals surface area contributed by atoms with Gasteiger partial charge in [-0.05, 0) is 36.4 Å². The van der Waals surface area contributed by atoms with Gasteiger partial charge in [0, 0.05) is 10.1 Å². The Morgan fingerprint density at radius 2 is 1.97 bits per heavy atom. The predicted octanol–water partition coefficient (Wildman–Crippen LogP) is 6.74. The first-order valence-electron chi connectivity index (χ1n) is 8.67. The third-order valence-corrected chi connectivity index (χ3v) is 7.14. The number of rotatable bonds is 4. The van der Waals surface area contributed by atoms with Crippen molar-refractivity contribution in [3.63, 3.8) is 0 Å². The molecule has 0 atom stereocenters. The van der Waals surface area contributed by atoms with Crippen molar-refractivity contribution in [2.45, 2.75) is 6.54 Å². The summed E-state index contributed by atoms with van der Waals surface area (Å²) in [7, 11) is 0. The molecule has 0 N–H and O–H groups in total. The van der Waals surface area contributed by atoms with E-state index in [1.54, 1.807) is 24.5 Å². The highest BCUT2D eigenvalue weighted by atomic mass is 35.5. The number of hydrogen-bond donors (Lipinski definition) is 0. The van der Waals surface area contributed by atoms with Crippen molar-refractivity contribution in [3.05, 3.63) is 82.3 Å². The lowest BCUT2D eigenvalue weighted by Gasteiger charge is -2.18. The van der Waals surface area contributed by atoms with Gasteiger partial charge in [-0.15, -0.1) is 11.3 Å². The molecule has 144 valence electrons. The number of halogens is 2. The second-order valence-corrected chi connectivity index (χ2v) is 8.76. The fourth-order valence-corrected chi connectivity index (χ4v) is 5.51. The van der Waals surface area contributed by atoms with Crippen LogP contribution < -0.4 is 4.90 Å². The standard InChI is InChI=1S/C21H12ClFN2O2S2/c22-18-14-5-1-2-6-16(14)28-19(18)20(26)25(11-13-4-3-9-27-13)21-24-15-8-7-12(23)10-17(15)29-21/h1-10H,11H2. The number of carbonyl (C=O) groups is 1. The summed E-state index contributed by atoms with van der Waals surface area (Å²) in [5.41, 5.74) is 0.631. The first-order valence-corrected chi connectivity index (χ1v) is 10.7. The van der Waals surface area contributed by atoms with Crippen LogP contribution in [0.1, 0.15) is 15.4 Å². The summed E-state index contributed by atoms with van der Waals surface area (Å²) >= 11 is 9.13. The van der Waals surface area contributed by atoms with E-state index in [0.717, 1.165) is 10.1 Å². The molecule has 8 heteroatoms. The normalized spacial score (nSPS) is 11.4. The van der Waals surface area contributed by atoms with Gasteiger partial charge in [0.05, 0.1) is 28.0 Å². The van der Waals surface area contributed by atoms with Crippen molar-refractivity contribution in [2.75, 3.05) is 4.90 Å². The average molecular weight is 443 g/mol. The minimum absolute atomic E-state index is 0.193. The van der Waals surface area contributed by atoms with Gasteiger partial charge in [-0.25, -0.2) is 9.37 Å². The molecule has 0 spiro atoms. The zero-order chi connectivity index (χ0) is 20.0. The largest absolute Gasteiger partial charge is 0.467 e. The molecule has 0 radical (unpaired) electrons. The van der Waals surface area contributed by atoms with E-state index in [1.165, 1.54) is 39.7 Å². The van der Waals surface area contributed by atoms with Crippen LogP contribution in [0.3, 0.4) is 0 Å².